The van der Waals surface area contributed by atoms with Crippen LogP contribution in [0.2, 0.25) is 10.0 Å². The van der Waals surface area contributed by atoms with Crippen molar-refractivity contribution in [2.45, 2.75) is 6.92 Å². The minimum atomic E-state index is -0.704. The minimum absolute atomic E-state index is 0.00451. The zero-order valence-electron chi connectivity index (χ0n) is 11.1. The lowest BCUT2D eigenvalue weighted by atomic mass is 10.2. The highest BCUT2D eigenvalue weighted by atomic mass is 35.5. The number of para-hydroxylation sites is 2. The third-order valence-electron chi connectivity index (χ3n) is 2.69. The number of rotatable bonds is 4. The van der Waals surface area contributed by atoms with Gasteiger partial charge in [-0.25, -0.2) is 4.39 Å². The summed E-state index contributed by atoms with van der Waals surface area (Å²) in [6.45, 7) is 2.30. The number of carbonyl (C=O) groups is 1. The number of anilines is 1. The van der Waals surface area contributed by atoms with E-state index in [4.69, 9.17) is 27.9 Å². The second-order valence-electron chi connectivity index (χ2n) is 4.13. The first-order valence-corrected chi connectivity index (χ1v) is 6.96. The normalized spacial score (nSPS) is 10.3. The molecule has 6 heteroatoms. The molecular weight excluding hydrogens is 316 g/mol. The molecule has 0 saturated heterocycles. The van der Waals surface area contributed by atoms with Crippen molar-refractivity contribution in [1.29, 1.82) is 0 Å². The Kier molecular flexibility index (Phi) is 5.04. The predicted molar refractivity (Wildman–Crippen MR) is 82.0 cm³/mol. The highest BCUT2D eigenvalue weighted by Crippen LogP contribution is 2.27. The van der Waals surface area contributed by atoms with Crippen LogP contribution in [0.15, 0.2) is 36.4 Å². The summed E-state index contributed by atoms with van der Waals surface area (Å²) in [4.78, 5) is 12.2. The lowest BCUT2D eigenvalue weighted by Gasteiger charge is -2.12. The molecule has 2 rings (SSSR count). The molecule has 0 aliphatic heterocycles. The highest BCUT2D eigenvalue weighted by molar-refractivity contribution is 6.37. The van der Waals surface area contributed by atoms with Crippen LogP contribution < -0.4 is 10.1 Å². The Morgan fingerprint density at radius 3 is 2.67 bits per heavy atom. The summed E-state index contributed by atoms with van der Waals surface area (Å²) in [5.74, 6) is -0.717. The molecule has 0 atom stereocenters. The van der Waals surface area contributed by atoms with Gasteiger partial charge in [-0.05, 0) is 31.2 Å². The fourth-order valence-corrected chi connectivity index (χ4v) is 2.21. The summed E-state index contributed by atoms with van der Waals surface area (Å²) >= 11 is 11.5. The molecule has 0 unspecified atom stereocenters. The molecule has 0 radical (unpaired) electrons. The van der Waals surface area contributed by atoms with Crippen molar-refractivity contribution in [3.63, 3.8) is 0 Å². The Balaban J connectivity index is 2.28. The number of halogens is 3. The highest BCUT2D eigenvalue weighted by Gasteiger charge is 2.15. The molecule has 2 aromatic rings. The van der Waals surface area contributed by atoms with Gasteiger partial charge in [-0.3, -0.25) is 4.79 Å². The van der Waals surface area contributed by atoms with Crippen LogP contribution in [-0.4, -0.2) is 12.5 Å². The van der Waals surface area contributed by atoms with E-state index >= 15 is 0 Å². The van der Waals surface area contributed by atoms with Gasteiger partial charge in [-0.1, -0.05) is 35.3 Å². The summed E-state index contributed by atoms with van der Waals surface area (Å²) < 4.78 is 18.9. The van der Waals surface area contributed by atoms with Crippen molar-refractivity contribution in [2.24, 2.45) is 0 Å². The van der Waals surface area contributed by atoms with Crippen LogP contribution in [0.1, 0.15) is 17.3 Å². The maximum absolute atomic E-state index is 13.5. The van der Waals surface area contributed by atoms with E-state index in [9.17, 15) is 9.18 Å². The van der Waals surface area contributed by atoms with Gasteiger partial charge < -0.3 is 10.1 Å². The second kappa shape index (κ2) is 6.78. The van der Waals surface area contributed by atoms with Crippen LogP contribution in [0, 0.1) is 5.82 Å². The van der Waals surface area contributed by atoms with Gasteiger partial charge in [0, 0.05) is 0 Å². The van der Waals surface area contributed by atoms with E-state index in [1.165, 1.54) is 6.07 Å². The van der Waals surface area contributed by atoms with Crippen molar-refractivity contribution in [2.75, 3.05) is 11.9 Å². The molecule has 21 heavy (non-hydrogen) atoms. The monoisotopic (exact) mass is 327 g/mol. The summed E-state index contributed by atoms with van der Waals surface area (Å²) in [6, 6.07) is 9.15. The summed E-state index contributed by atoms with van der Waals surface area (Å²) in [5.41, 5.74) is 0.487. The number of hydrogen-bond acceptors (Lipinski definition) is 2. The van der Waals surface area contributed by atoms with Crippen molar-refractivity contribution >= 4 is 34.8 Å². The van der Waals surface area contributed by atoms with Crippen molar-refractivity contribution in [3.8, 4) is 5.75 Å². The molecular formula is C15H12Cl2FNO2. The van der Waals surface area contributed by atoms with Gasteiger partial charge in [-0.15, -0.1) is 0 Å². The number of benzene rings is 2. The van der Waals surface area contributed by atoms with Gasteiger partial charge in [0.2, 0.25) is 0 Å². The Morgan fingerprint density at radius 2 is 1.95 bits per heavy atom. The zero-order chi connectivity index (χ0) is 15.4. The van der Waals surface area contributed by atoms with E-state index in [1.54, 1.807) is 24.3 Å². The number of nitrogens with one attached hydrogen (secondary N) is 1. The van der Waals surface area contributed by atoms with Crippen LogP contribution in [0.5, 0.6) is 5.75 Å². The van der Waals surface area contributed by atoms with E-state index in [2.05, 4.69) is 5.32 Å². The topological polar surface area (TPSA) is 38.3 Å². The predicted octanol–water partition coefficient (Wildman–Crippen LogP) is 4.78. The molecule has 2 aromatic carbocycles. The van der Waals surface area contributed by atoms with Gasteiger partial charge in [-0.2, -0.15) is 0 Å². The Morgan fingerprint density at radius 1 is 1.24 bits per heavy atom. The van der Waals surface area contributed by atoms with Crippen LogP contribution in [0.25, 0.3) is 0 Å². The molecule has 1 amide bonds. The average Bonchev–Trinajstić information content (AvgIpc) is 2.45. The Bertz CT molecular complexity index is 677. The lowest BCUT2D eigenvalue weighted by Crippen LogP contribution is -2.14. The molecule has 0 aliphatic rings. The van der Waals surface area contributed by atoms with Gasteiger partial charge >= 0.3 is 0 Å². The summed E-state index contributed by atoms with van der Waals surface area (Å²) in [5, 5.41) is 2.58. The van der Waals surface area contributed by atoms with Gasteiger partial charge in [0.25, 0.3) is 5.91 Å². The van der Waals surface area contributed by atoms with E-state index in [0.717, 1.165) is 6.07 Å². The SMILES string of the molecule is CCOc1ccccc1NC(=O)c1cc(F)c(Cl)cc1Cl. The molecule has 0 fully saturated rings. The van der Waals surface area contributed by atoms with Crippen LogP contribution in [0.4, 0.5) is 10.1 Å². The summed E-state index contributed by atoms with van der Waals surface area (Å²) in [6.07, 6.45) is 0. The zero-order valence-corrected chi connectivity index (χ0v) is 12.6. The molecule has 0 bridgehead atoms. The fourth-order valence-electron chi connectivity index (χ4n) is 1.74. The minimum Gasteiger partial charge on any atom is -0.492 e. The van der Waals surface area contributed by atoms with Crippen molar-refractivity contribution < 1.29 is 13.9 Å². The second-order valence-corrected chi connectivity index (χ2v) is 4.94. The van der Waals surface area contributed by atoms with E-state index in [-0.39, 0.29) is 15.6 Å². The number of hydrogen-bond donors (Lipinski definition) is 1. The van der Waals surface area contributed by atoms with Gasteiger partial charge in [0.05, 0.1) is 27.9 Å². The van der Waals surface area contributed by atoms with E-state index < -0.39 is 11.7 Å². The smallest absolute Gasteiger partial charge is 0.257 e. The fraction of sp³-hybridized carbons (Fsp3) is 0.133. The van der Waals surface area contributed by atoms with Gasteiger partial charge in [0.1, 0.15) is 11.6 Å². The maximum Gasteiger partial charge on any atom is 0.257 e. The van der Waals surface area contributed by atoms with Gasteiger partial charge in [0.15, 0.2) is 0 Å². The number of carbonyl (C=O) groups excluding carboxylic acids is 1. The lowest BCUT2D eigenvalue weighted by molar-refractivity contribution is 0.102. The first-order chi connectivity index (χ1) is 10.0. The quantitative estimate of drug-likeness (QED) is 0.820. The molecule has 3 nitrogen and oxygen atoms in total. The van der Waals surface area contributed by atoms with Crippen LogP contribution in [-0.2, 0) is 0 Å². The maximum atomic E-state index is 13.5. The first kappa shape index (κ1) is 15.6. The molecule has 0 spiro atoms. The van der Waals surface area contributed by atoms with Crippen molar-refractivity contribution in [1.82, 2.24) is 0 Å². The van der Waals surface area contributed by atoms with E-state index in [0.29, 0.717) is 18.0 Å². The van der Waals surface area contributed by atoms with E-state index in [1.807, 2.05) is 6.92 Å². The molecule has 0 heterocycles. The molecule has 0 saturated carbocycles. The molecule has 0 aromatic heterocycles. The largest absolute Gasteiger partial charge is 0.492 e. The average molecular weight is 328 g/mol. The molecule has 0 aliphatic carbocycles. The molecule has 1 N–H and O–H groups in total. The molecule has 110 valence electrons. The van der Waals surface area contributed by atoms with Crippen LogP contribution in [0.3, 0.4) is 0 Å². The number of ether oxygens (including phenoxy) is 1. The standard InChI is InChI=1S/C15H12Cl2FNO2/c1-2-21-14-6-4-3-5-13(14)19-15(20)9-7-12(18)11(17)8-10(9)16/h3-8H,2H2,1H3,(H,19,20). The number of amides is 1. The first-order valence-electron chi connectivity index (χ1n) is 6.20. The van der Waals surface area contributed by atoms with Crippen LogP contribution >= 0.6 is 23.2 Å². The summed E-state index contributed by atoms with van der Waals surface area (Å²) in [7, 11) is 0. The Hall–Kier alpha value is -1.78. The van der Waals surface area contributed by atoms with Crippen molar-refractivity contribution in [3.05, 3.63) is 57.8 Å². The Labute approximate surface area is 131 Å². The third kappa shape index (κ3) is 3.65. The third-order valence-corrected chi connectivity index (χ3v) is 3.29.